The van der Waals surface area contributed by atoms with Crippen LogP contribution in [0.3, 0.4) is 0 Å². The van der Waals surface area contributed by atoms with Crippen LogP contribution in [0.5, 0.6) is 0 Å². The number of aryl methyl sites for hydroxylation is 2. The lowest BCUT2D eigenvalue weighted by molar-refractivity contribution is -0.138. The Balaban J connectivity index is 1.82. The molecule has 0 saturated carbocycles. The Morgan fingerprint density at radius 2 is 2.00 bits per heavy atom. The molecule has 1 N–H and O–H groups in total. The predicted octanol–water partition coefficient (Wildman–Crippen LogP) is 1.94. The minimum atomic E-state index is -0.744. The third-order valence-electron chi connectivity index (χ3n) is 4.24. The SMILES string of the molecule is Cc1noc(C)c1CC(=O)N1CCC(CCC(=O)O)CC1. The highest BCUT2D eigenvalue weighted by Gasteiger charge is 2.24. The summed E-state index contributed by atoms with van der Waals surface area (Å²) >= 11 is 0. The molecular weight excluding hydrogens is 272 g/mol. The molecule has 1 aliphatic heterocycles. The van der Waals surface area contributed by atoms with Crippen LogP contribution < -0.4 is 0 Å². The van der Waals surface area contributed by atoms with Crippen LogP contribution in [0.1, 0.15) is 42.7 Å². The van der Waals surface area contributed by atoms with Crippen molar-refractivity contribution < 1.29 is 19.2 Å². The molecule has 0 atom stereocenters. The lowest BCUT2D eigenvalue weighted by atomic mass is 9.92. The Hall–Kier alpha value is -1.85. The van der Waals surface area contributed by atoms with Crippen molar-refractivity contribution in [2.45, 2.75) is 46.0 Å². The summed E-state index contributed by atoms with van der Waals surface area (Å²) in [5.74, 6) is 0.481. The second kappa shape index (κ2) is 6.74. The second-order valence-corrected chi connectivity index (χ2v) is 5.74. The first-order valence-electron chi connectivity index (χ1n) is 7.38. The lowest BCUT2D eigenvalue weighted by Crippen LogP contribution is -2.39. The van der Waals surface area contributed by atoms with Crippen molar-refractivity contribution in [3.05, 3.63) is 17.0 Å². The minimum Gasteiger partial charge on any atom is -0.481 e. The van der Waals surface area contributed by atoms with Crippen molar-refractivity contribution in [3.63, 3.8) is 0 Å². The second-order valence-electron chi connectivity index (χ2n) is 5.74. The Bertz CT molecular complexity index is 496. The van der Waals surface area contributed by atoms with Gasteiger partial charge < -0.3 is 14.5 Å². The highest BCUT2D eigenvalue weighted by Crippen LogP contribution is 2.23. The van der Waals surface area contributed by atoms with Gasteiger partial charge in [-0.3, -0.25) is 9.59 Å². The van der Waals surface area contributed by atoms with Crippen LogP contribution in [-0.2, 0) is 16.0 Å². The van der Waals surface area contributed by atoms with Gasteiger partial charge in [0.2, 0.25) is 5.91 Å². The maximum Gasteiger partial charge on any atom is 0.303 e. The number of carbonyl (C=O) groups excluding carboxylic acids is 1. The number of hydrogen-bond donors (Lipinski definition) is 1. The van der Waals surface area contributed by atoms with Crippen molar-refractivity contribution in [2.24, 2.45) is 5.92 Å². The van der Waals surface area contributed by atoms with Crippen LogP contribution in [-0.4, -0.2) is 40.1 Å². The summed E-state index contributed by atoms with van der Waals surface area (Å²) < 4.78 is 5.08. The average Bonchev–Trinajstić information content (AvgIpc) is 2.77. The van der Waals surface area contributed by atoms with E-state index in [-0.39, 0.29) is 12.3 Å². The van der Waals surface area contributed by atoms with E-state index < -0.39 is 5.97 Å². The Labute approximate surface area is 124 Å². The van der Waals surface area contributed by atoms with E-state index in [9.17, 15) is 9.59 Å². The van der Waals surface area contributed by atoms with E-state index in [1.54, 1.807) is 0 Å². The molecule has 2 heterocycles. The molecule has 0 radical (unpaired) electrons. The van der Waals surface area contributed by atoms with Gasteiger partial charge >= 0.3 is 5.97 Å². The number of aliphatic carboxylic acids is 1. The number of hydrogen-bond acceptors (Lipinski definition) is 4. The first kappa shape index (κ1) is 15.5. The molecular formula is C15H22N2O4. The van der Waals surface area contributed by atoms with E-state index in [0.717, 1.165) is 24.1 Å². The normalized spacial score (nSPS) is 16.2. The van der Waals surface area contributed by atoms with Gasteiger partial charge in [0, 0.05) is 25.1 Å². The molecule has 1 fully saturated rings. The number of aromatic nitrogens is 1. The van der Waals surface area contributed by atoms with Gasteiger partial charge in [-0.25, -0.2) is 0 Å². The summed E-state index contributed by atoms with van der Waals surface area (Å²) in [4.78, 5) is 24.7. The van der Waals surface area contributed by atoms with Gasteiger partial charge in [0.25, 0.3) is 0 Å². The Morgan fingerprint density at radius 3 is 2.52 bits per heavy atom. The molecule has 0 spiro atoms. The maximum atomic E-state index is 12.3. The predicted molar refractivity (Wildman–Crippen MR) is 75.9 cm³/mol. The van der Waals surface area contributed by atoms with Crippen LogP contribution >= 0.6 is 0 Å². The molecule has 21 heavy (non-hydrogen) atoms. The summed E-state index contributed by atoms with van der Waals surface area (Å²) in [5.41, 5.74) is 1.66. The quantitative estimate of drug-likeness (QED) is 0.897. The fraction of sp³-hybridized carbons (Fsp3) is 0.667. The van der Waals surface area contributed by atoms with Gasteiger partial charge in [-0.1, -0.05) is 5.16 Å². The number of amides is 1. The summed E-state index contributed by atoms with van der Waals surface area (Å²) in [7, 11) is 0. The van der Waals surface area contributed by atoms with E-state index in [0.29, 0.717) is 37.6 Å². The van der Waals surface area contributed by atoms with Crippen LogP contribution in [0.2, 0.25) is 0 Å². The summed E-state index contributed by atoms with van der Waals surface area (Å²) in [6, 6.07) is 0. The largest absolute Gasteiger partial charge is 0.481 e. The molecule has 2 rings (SSSR count). The monoisotopic (exact) mass is 294 g/mol. The van der Waals surface area contributed by atoms with E-state index in [4.69, 9.17) is 9.63 Å². The van der Waals surface area contributed by atoms with Gasteiger partial charge in [-0.05, 0) is 39.0 Å². The van der Waals surface area contributed by atoms with Crippen molar-refractivity contribution in [1.82, 2.24) is 10.1 Å². The smallest absolute Gasteiger partial charge is 0.303 e. The zero-order valence-corrected chi connectivity index (χ0v) is 12.6. The van der Waals surface area contributed by atoms with E-state index in [1.807, 2.05) is 18.7 Å². The Kier molecular flexibility index (Phi) is 4.98. The van der Waals surface area contributed by atoms with Gasteiger partial charge in [0.05, 0.1) is 12.1 Å². The van der Waals surface area contributed by atoms with Crippen molar-refractivity contribution in [1.29, 1.82) is 0 Å². The maximum absolute atomic E-state index is 12.3. The average molecular weight is 294 g/mol. The van der Waals surface area contributed by atoms with Crippen LogP contribution in [0.25, 0.3) is 0 Å². The van der Waals surface area contributed by atoms with E-state index >= 15 is 0 Å². The highest BCUT2D eigenvalue weighted by atomic mass is 16.5. The molecule has 1 saturated heterocycles. The van der Waals surface area contributed by atoms with Crippen molar-refractivity contribution in [3.8, 4) is 0 Å². The van der Waals surface area contributed by atoms with Crippen molar-refractivity contribution in [2.75, 3.05) is 13.1 Å². The van der Waals surface area contributed by atoms with Crippen LogP contribution in [0, 0.1) is 19.8 Å². The molecule has 116 valence electrons. The van der Waals surface area contributed by atoms with Gasteiger partial charge in [-0.2, -0.15) is 0 Å². The molecule has 0 aliphatic carbocycles. The highest BCUT2D eigenvalue weighted by molar-refractivity contribution is 5.79. The fourth-order valence-corrected chi connectivity index (χ4v) is 2.82. The minimum absolute atomic E-state index is 0.0982. The van der Waals surface area contributed by atoms with Gasteiger partial charge in [0.15, 0.2) is 0 Å². The van der Waals surface area contributed by atoms with Crippen molar-refractivity contribution >= 4 is 11.9 Å². The van der Waals surface area contributed by atoms with Gasteiger partial charge in [-0.15, -0.1) is 0 Å². The first-order valence-corrected chi connectivity index (χ1v) is 7.38. The standard InChI is InChI=1S/C15H22N2O4/c1-10-13(11(2)21-16-10)9-14(18)17-7-5-12(6-8-17)3-4-15(19)20/h12H,3-9H2,1-2H3,(H,19,20). The first-order chi connectivity index (χ1) is 9.97. The molecule has 1 aromatic rings. The number of rotatable bonds is 5. The number of carboxylic acid groups (broad SMARTS) is 1. The summed E-state index contributed by atoms with van der Waals surface area (Å²) in [6.45, 7) is 5.09. The molecule has 6 nitrogen and oxygen atoms in total. The number of piperidine rings is 1. The number of likely N-dealkylation sites (tertiary alicyclic amines) is 1. The lowest BCUT2D eigenvalue weighted by Gasteiger charge is -2.32. The third-order valence-corrected chi connectivity index (χ3v) is 4.24. The summed E-state index contributed by atoms with van der Waals surface area (Å²) in [5, 5.41) is 12.6. The van der Waals surface area contributed by atoms with E-state index in [1.165, 1.54) is 0 Å². The van der Waals surface area contributed by atoms with Crippen LogP contribution in [0.15, 0.2) is 4.52 Å². The summed E-state index contributed by atoms with van der Waals surface area (Å²) in [6.07, 6.45) is 3.04. The number of carbonyl (C=O) groups is 2. The molecule has 1 aliphatic rings. The molecule has 1 aromatic heterocycles. The van der Waals surface area contributed by atoms with Crippen LogP contribution in [0.4, 0.5) is 0 Å². The number of carboxylic acids is 1. The topological polar surface area (TPSA) is 83.6 Å². The molecule has 0 bridgehead atoms. The molecule has 1 amide bonds. The van der Waals surface area contributed by atoms with Gasteiger partial charge in [0.1, 0.15) is 5.76 Å². The third kappa shape index (κ3) is 4.06. The number of nitrogens with zero attached hydrogens (tertiary/aromatic N) is 2. The zero-order valence-electron chi connectivity index (χ0n) is 12.6. The van der Waals surface area contributed by atoms with E-state index in [2.05, 4.69) is 5.16 Å². The molecule has 6 heteroatoms. The fourth-order valence-electron chi connectivity index (χ4n) is 2.82. The zero-order chi connectivity index (χ0) is 15.4. The molecule has 0 unspecified atom stereocenters. The molecule has 0 aromatic carbocycles. The Morgan fingerprint density at radius 1 is 1.33 bits per heavy atom.